The second kappa shape index (κ2) is 6.89. The van der Waals surface area contributed by atoms with Gasteiger partial charge in [0.2, 0.25) is 16.8 Å². The predicted molar refractivity (Wildman–Crippen MR) is 107 cm³/mol. The number of carbonyl (C=O) groups excluding carboxylic acids is 1. The molecule has 1 fully saturated rings. The van der Waals surface area contributed by atoms with Crippen molar-refractivity contribution in [1.29, 1.82) is 0 Å². The summed E-state index contributed by atoms with van der Waals surface area (Å²) < 4.78 is 39.0. The van der Waals surface area contributed by atoms with Gasteiger partial charge < -0.3 is 14.8 Å². The van der Waals surface area contributed by atoms with Crippen LogP contribution in [-0.2, 0) is 21.4 Å². The van der Waals surface area contributed by atoms with E-state index < -0.39 is 10.0 Å². The molecule has 5 rings (SSSR count). The molecule has 7 nitrogen and oxygen atoms in total. The third kappa shape index (κ3) is 3.28. The Balaban J connectivity index is 1.41. The number of allylic oxidation sites excluding steroid dienone is 1. The fourth-order valence-electron chi connectivity index (χ4n) is 4.03. The van der Waals surface area contributed by atoms with Crippen molar-refractivity contribution >= 4 is 27.2 Å². The smallest absolute Gasteiger partial charge is 0.256 e. The summed E-state index contributed by atoms with van der Waals surface area (Å²) in [6.45, 7) is 0.297. The molecule has 150 valence electrons. The van der Waals surface area contributed by atoms with Crippen LogP contribution in [-0.4, -0.2) is 21.1 Å². The first-order chi connectivity index (χ1) is 14.0. The molecule has 1 saturated carbocycles. The van der Waals surface area contributed by atoms with E-state index in [-0.39, 0.29) is 24.1 Å². The number of ether oxygens (including phenoxy) is 2. The molecule has 2 aliphatic heterocycles. The molecule has 2 aromatic carbocycles. The van der Waals surface area contributed by atoms with Gasteiger partial charge in [-0.25, -0.2) is 13.1 Å². The molecule has 0 unspecified atom stereocenters. The Hall–Kier alpha value is -2.84. The zero-order valence-corrected chi connectivity index (χ0v) is 16.5. The molecule has 8 heteroatoms. The number of hydrogen-bond acceptors (Lipinski definition) is 5. The third-order valence-electron chi connectivity index (χ3n) is 5.51. The highest BCUT2D eigenvalue weighted by molar-refractivity contribution is 7.89. The van der Waals surface area contributed by atoms with Crippen molar-refractivity contribution in [2.24, 2.45) is 0 Å². The molecule has 29 heavy (non-hydrogen) atoms. The summed E-state index contributed by atoms with van der Waals surface area (Å²) in [6, 6.07) is 10.1. The molecule has 0 radical (unpaired) electrons. The van der Waals surface area contributed by atoms with Gasteiger partial charge in [-0.3, -0.25) is 4.79 Å². The fourth-order valence-corrected chi connectivity index (χ4v) is 5.07. The summed E-state index contributed by atoms with van der Waals surface area (Å²) in [5.41, 5.74) is 3.87. The van der Waals surface area contributed by atoms with E-state index >= 15 is 0 Å². The van der Waals surface area contributed by atoms with Gasteiger partial charge in [0, 0.05) is 23.4 Å². The van der Waals surface area contributed by atoms with Crippen LogP contribution in [0.3, 0.4) is 0 Å². The number of rotatable bonds is 4. The minimum absolute atomic E-state index is 0.126. The summed E-state index contributed by atoms with van der Waals surface area (Å²) in [5.74, 6) is 1.12. The van der Waals surface area contributed by atoms with E-state index in [4.69, 9.17) is 9.47 Å². The van der Waals surface area contributed by atoms with Crippen LogP contribution in [0.5, 0.6) is 11.5 Å². The molecule has 0 saturated heterocycles. The normalized spacial score (nSPS) is 17.6. The Kier molecular flexibility index (Phi) is 4.33. The van der Waals surface area contributed by atoms with Crippen LogP contribution in [0.4, 0.5) is 5.69 Å². The van der Waals surface area contributed by atoms with E-state index in [1.165, 1.54) is 6.07 Å². The quantitative estimate of drug-likeness (QED) is 0.753. The van der Waals surface area contributed by atoms with Crippen molar-refractivity contribution in [3.8, 4) is 11.5 Å². The van der Waals surface area contributed by atoms with Gasteiger partial charge in [-0.15, -0.1) is 0 Å². The lowest BCUT2D eigenvalue weighted by atomic mass is 10.00. The summed E-state index contributed by atoms with van der Waals surface area (Å²) in [4.78, 5) is 12.6. The topological polar surface area (TPSA) is 93.7 Å². The number of nitrogens with one attached hydrogen (secondary N) is 2. The van der Waals surface area contributed by atoms with Crippen molar-refractivity contribution in [2.75, 3.05) is 12.1 Å². The molecule has 3 aliphatic rings. The Morgan fingerprint density at radius 1 is 1.00 bits per heavy atom. The largest absolute Gasteiger partial charge is 0.454 e. The first kappa shape index (κ1) is 18.2. The lowest BCUT2D eigenvalue weighted by molar-refractivity contribution is -0.110. The molecule has 0 atom stereocenters. The number of carbonyl (C=O) groups is 1. The van der Waals surface area contributed by atoms with E-state index in [9.17, 15) is 13.2 Å². The number of benzene rings is 2. The maximum absolute atomic E-state index is 12.9. The van der Waals surface area contributed by atoms with Gasteiger partial charge in [-0.1, -0.05) is 11.6 Å². The lowest BCUT2D eigenvalue weighted by Gasteiger charge is -2.10. The number of amides is 1. The van der Waals surface area contributed by atoms with E-state index in [1.54, 1.807) is 30.3 Å². The van der Waals surface area contributed by atoms with Gasteiger partial charge in [0.25, 0.3) is 5.91 Å². The second-order valence-corrected chi connectivity index (χ2v) is 9.13. The van der Waals surface area contributed by atoms with Crippen LogP contribution in [0.2, 0.25) is 0 Å². The lowest BCUT2D eigenvalue weighted by Crippen LogP contribution is -2.23. The van der Waals surface area contributed by atoms with E-state index in [1.807, 2.05) is 0 Å². The SMILES string of the molecule is O=C1Nc2ccc(S(=O)(=O)NCc3ccc4c(c3)OCO4)cc2C1=C1CCCC1. The van der Waals surface area contributed by atoms with Crippen LogP contribution in [0.15, 0.2) is 46.9 Å². The molecule has 2 N–H and O–H groups in total. The second-order valence-electron chi connectivity index (χ2n) is 7.36. The highest BCUT2D eigenvalue weighted by atomic mass is 32.2. The third-order valence-corrected chi connectivity index (χ3v) is 6.91. The Morgan fingerprint density at radius 2 is 1.79 bits per heavy atom. The minimum atomic E-state index is -3.74. The maximum Gasteiger partial charge on any atom is 0.256 e. The molecule has 0 spiro atoms. The average Bonchev–Trinajstić information content (AvgIpc) is 3.44. The zero-order valence-electron chi connectivity index (χ0n) is 15.7. The molecule has 2 aromatic rings. The molecule has 0 bridgehead atoms. The van der Waals surface area contributed by atoms with Crippen LogP contribution in [0.1, 0.15) is 36.8 Å². The maximum atomic E-state index is 12.9. The minimum Gasteiger partial charge on any atom is -0.454 e. The van der Waals surface area contributed by atoms with Gasteiger partial charge in [0.1, 0.15) is 0 Å². The Bertz CT molecular complexity index is 1150. The molecular weight excluding hydrogens is 392 g/mol. The summed E-state index contributed by atoms with van der Waals surface area (Å²) in [7, 11) is -3.74. The standard InChI is InChI=1S/C21H20N2O5S/c24-21-20(14-3-1-2-4-14)16-10-15(6-7-17(16)23-21)29(25,26)22-11-13-5-8-18-19(9-13)28-12-27-18/h5-10,22H,1-4,11-12H2,(H,23,24). The summed E-state index contributed by atoms with van der Waals surface area (Å²) >= 11 is 0. The van der Waals surface area contributed by atoms with Gasteiger partial charge >= 0.3 is 0 Å². The summed E-state index contributed by atoms with van der Waals surface area (Å²) in [5, 5.41) is 2.85. The number of sulfonamides is 1. The molecule has 1 amide bonds. The molecule has 2 heterocycles. The average molecular weight is 412 g/mol. The van der Waals surface area contributed by atoms with Crippen molar-refractivity contribution < 1.29 is 22.7 Å². The number of anilines is 1. The number of hydrogen-bond donors (Lipinski definition) is 2. The van der Waals surface area contributed by atoms with Gasteiger partial charge in [-0.2, -0.15) is 0 Å². The predicted octanol–water partition coefficient (Wildman–Crippen LogP) is 3.17. The van der Waals surface area contributed by atoms with Crippen LogP contribution in [0, 0.1) is 0 Å². The van der Waals surface area contributed by atoms with Gasteiger partial charge in [-0.05, 0) is 61.6 Å². The van der Waals surface area contributed by atoms with Crippen molar-refractivity contribution in [3.63, 3.8) is 0 Å². The molecular formula is C21H20N2O5S. The first-order valence-electron chi connectivity index (χ1n) is 9.57. The van der Waals surface area contributed by atoms with Gasteiger partial charge in [0.05, 0.1) is 4.90 Å². The van der Waals surface area contributed by atoms with Crippen LogP contribution in [0.25, 0.3) is 5.57 Å². The number of fused-ring (bicyclic) bond motifs is 2. The first-order valence-corrected chi connectivity index (χ1v) is 11.1. The van der Waals surface area contributed by atoms with E-state index in [0.29, 0.717) is 28.3 Å². The van der Waals surface area contributed by atoms with Gasteiger partial charge in [0.15, 0.2) is 11.5 Å². The zero-order chi connectivity index (χ0) is 20.0. The Labute approximate surface area is 168 Å². The van der Waals surface area contributed by atoms with Crippen molar-refractivity contribution in [1.82, 2.24) is 4.72 Å². The van der Waals surface area contributed by atoms with Crippen molar-refractivity contribution in [2.45, 2.75) is 37.1 Å². The summed E-state index contributed by atoms with van der Waals surface area (Å²) in [6.07, 6.45) is 3.91. The van der Waals surface area contributed by atoms with E-state index in [2.05, 4.69) is 10.0 Å². The van der Waals surface area contributed by atoms with E-state index in [0.717, 1.165) is 36.8 Å². The fraction of sp³-hybridized carbons (Fsp3) is 0.286. The van der Waals surface area contributed by atoms with Crippen LogP contribution >= 0.6 is 0 Å². The highest BCUT2D eigenvalue weighted by Crippen LogP contribution is 2.40. The molecule has 0 aromatic heterocycles. The Morgan fingerprint density at radius 3 is 2.62 bits per heavy atom. The van der Waals surface area contributed by atoms with Crippen molar-refractivity contribution in [3.05, 3.63) is 53.1 Å². The van der Waals surface area contributed by atoms with Crippen LogP contribution < -0.4 is 19.5 Å². The monoisotopic (exact) mass is 412 g/mol. The highest BCUT2D eigenvalue weighted by Gasteiger charge is 2.30. The molecule has 1 aliphatic carbocycles.